The van der Waals surface area contributed by atoms with Crippen molar-refractivity contribution in [3.63, 3.8) is 0 Å². The van der Waals surface area contributed by atoms with Gasteiger partial charge in [-0.1, -0.05) is 18.2 Å². The SMILES string of the molecule is COc1ccccc1NC(=O)/C(C#N)=C/c1c(F)cccc1F. The number of anilines is 1. The van der Waals surface area contributed by atoms with Crippen molar-refractivity contribution in [1.29, 1.82) is 5.26 Å². The minimum atomic E-state index is -0.858. The molecule has 6 heteroatoms. The Morgan fingerprint density at radius 2 is 1.83 bits per heavy atom. The van der Waals surface area contributed by atoms with Gasteiger partial charge >= 0.3 is 0 Å². The predicted octanol–water partition coefficient (Wildman–Crippen LogP) is 3.52. The summed E-state index contributed by atoms with van der Waals surface area (Å²) in [6.45, 7) is 0. The van der Waals surface area contributed by atoms with Crippen molar-refractivity contribution < 1.29 is 18.3 Å². The lowest BCUT2D eigenvalue weighted by molar-refractivity contribution is -0.112. The molecule has 23 heavy (non-hydrogen) atoms. The van der Waals surface area contributed by atoms with Gasteiger partial charge in [0.25, 0.3) is 5.91 Å². The molecular formula is C17H12F2N2O2. The number of nitrogens with zero attached hydrogens (tertiary/aromatic N) is 1. The van der Waals surface area contributed by atoms with E-state index in [-0.39, 0.29) is 0 Å². The number of para-hydroxylation sites is 2. The molecule has 2 aromatic carbocycles. The fraction of sp³-hybridized carbons (Fsp3) is 0.0588. The van der Waals surface area contributed by atoms with Gasteiger partial charge in [-0.25, -0.2) is 8.78 Å². The first-order valence-electron chi connectivity index (χ1n) is 6.57. The molecule has 0 heterocycles. The van der Waals surface area contributed by atoms with Crippen LogP contribution in [0, 0.1) is 23.0 Å². The third kappa shape index (κ3) is 3.71. The fourth-order valence-corrected chi connectivity index (χ4v) is 1.88. The first-order chi connectivity index (χ1) is 11.1. The Morgan fingerprint density at radius 1 is 1.17 bits per heavy atom. The fourth-order valence-electron chi connectivity index (χ4n) is 1.88. The minimum Gasteiger partial charge on any atom is -0.495 e. The minimum absolute atomic E-state index is 0.343. The van der Waals surface area contributed by atoms with Gasteiger partial charge in [0.2, 0.25) is 0 Å². The van der Waals surface area contributed by atoms with Crippen LogP contribution in [0.4, 0.5) is 14.5 Å². The van der Waals surface area contributed by atoms with E-state index in [1.165, 1.54) is 13.2 Å². The number of carbonyl (C=O) groups is 1. The maximum atomic E-state index is 13.6. The molecule has 0 bridgehead atoms. The molecule has 0 aromatic heterocycles. The van der Waals surface area contributed by atoms with Crippen LogP contribution < -0.4 is 10.1 Å². The quantitative estimate of drug-likeness (QED) is 0.694. The molecule has 0 spiro atoms. The Labute approximate surface area is 131 Å². The van der Waals surface area contributed by atoms with E-state index in [1.807, 2.05) is 0 Å². The number of rotatable bonds is 4. The monoisotopic (exact) mass is 314 g/mol. The summed E-state index contributed by atoms with van der Waals surface area (Å²) in [5.41, 5.74) is -0.533. The normalized spacial score (nSPS) is 10.8. The van der Waals surface area contributed by atoms with Crippen molar-refractivity contribution in [2.75, 3.05) is 12.4 Å². The van der Waals surface area contributed by atoms with Crippen LogP contribution in [-0.2, 0) is 4.79 Å². The standard InChI is InChI=1S/C17H12F2N2O2/c1-23-16-8-3-2-7-15(16)21-17(22)11(10-20)9-12-13(18)5-4-6-14(12)19/h2-9H,1H3,(H,21,22)/b11-9+. The van der Waals surface area contributed by atoms with E-state index in [4.69, 9.17) is 10.00 Å². The Hall–Kier alpha value is -3.20. The van der Waals surface area contributed by atoms with Crippen molar-refractivity contribution in [1.82, 2.24) is 0 Å². The second-order valence-electron chi connectivity index (χ2n) is 4.46. The predicted molar refractivity (Wildman–Crippen MR) is 81.6 cm³/mol. The molecule has 0 radical (unpaired) electrons. The van der Waals surface area contributed by atoms with Crippen LogP contribution in [0.1, 0.15) is 5.56 Å². The van der Waals surface area contributed by atoms with Gasteiger partial charge in [-0.05, 0) is 30.3 Å². The van der Waals surface area contributed by atoms with Crippen LogP contribution in [0.5, 0.6) is 5.75 Å². The molecule has 0 aliphatic carbocycles. The highest BCUT2D eigenvalue weighted by atomic mass is 19.1. The van der Waals surface area contributed by atoms with Crippen LogP contribution in [0.2, 0.25) is 0 Å². The summed E-state index contributed by atoms with van der Waals surface area (Å²) in [6, 6.07) is 11.5. The first kappa shape index (κ1) is 16.2. The van der Waals surface area contributed by atoms with Gasteiger partial charge in [-0.3, -0.25) is 4.79 Å². The van der Waals surface area contributed by atoms with E-state index in [0.717, 1.165) is 18.2 Å². The molecule has 4 nitrogen and oxygen atoms in total. The highest BCUT2D eigenvalue weighted by molar-refractivity contribution is 6.10. The van der Waals surface area contributed by atoms with E-state index in [1.54, 1.807) is 30.3 Å². The summed E-state index contributed by atoms with van der Waals surface area (Å²) in [7, 11) is 1.43. The van der Waals surface area contributed by atoms with Gasteiger partial charge in [-0.15, -0.1) is 0 Å². The lowest BCUT2D eigenvalue weighted by Gasteiger charge is -2.09. The van der Waals surface area contributed by atoms with Crippen LogP contribution in [-0.4, -0.2) is 13.0 Å². The maximum Gasteiger partial charge on any atom is 0.266 e. The van der Waals surface area contributed by atoms with E-state index >= 15 is 0 Å². The number of benzene rings is 2. The number of ether oxygens (including phenoxy) is 1. The van der Waals surface area contributed by atoms with Crippen molar-refractivity contribution in [3.8, 4) is 11.8 Å². The zero-order valence-corrected chi connectivity index (χ0v) is 12.1. The topological polar surface area (TPSA) is 62.1 Å². The largest absolute Gasteiger partial charge is 0.495 e. The molecule has 1 N–H and O–H groups in total. The van der Waals surface area contributed by atoms with Crippen LogP contribution in [0.3, 0.4) is 0 Å². The number of methoxy groups -OCH3 is 1. The third-order valence-corrected chi connectivity index (χ3v) is 3.01. The number of halogens is 2. The molecule has 0 unspecified atom stereocenters. The van der Waals surface area contributed by atoms with Gasteiger partial charge in [-0.2, -0.15) is 5.26 Å². The smallest absolute Gasteiger partial charge is 0.266 e. The van der Waals surface area contributed by atoms with Crippen molar-refractivity contribution >= 4 is 17.7 Å². The Morgan fingerprint density at radius 3 is 2.43 bits per heavy atom. The Balaban J connectivity index is 2.33. The van der Waals surface area contributed by atoms with E-state index in [2.05, 4.69) is 5.32 Å². The molecule has 2 rings (SSSR count). The van der Waals surface area contributed by atoms with E-state index in [9.17, 15) is 13.6 Å². The number of amides is 1. The number of nitrogens with one attached hydrogen (secondary N) is 1. The summed E-state index contributed by atoms with van der Waals surface area (Å²) < 4.78 is 32.3. The van der Waals surface area contributed by atoms with Gasteiger partial charge in [0.15, 0.2) is 0 Å². The zero-order chi connectivity index (χ0) is 16.8. The summed E-state index contributed by atoms with van der Waals surface area (Å²) in [4.78, 5) is 12.1. The number of carbonyl (C=O) groups excluding carboxylic acids is 1. The summed E-state index contributed by atoms with van der Waals surface area (Å²) >= 11 is 0. The van der Waals surface area contributed by atoms with Gasteiger partial charge in [0.05, 0.1) is 12.8 Å². The van der Waals surface area contributed by atoms with E-state index in [0.29, 0.717) is 11.4 Å². The number of hydrogen-bond donors (Lipinski definition) is 1. The first-order valence-corrected chi connectivity index (χ1v) is 6.57. The molecular weight excluding hydrogens is 302 g/mol. The van der Waals surface area contributed by atoms with Crippen molar-refractivity contribution in [3.05, 3.63) is 65.2 Å². The molecule has 0 aliphatic rings. The van der Waals surface area contributed by atoms with Gasteiger partial charge in [0, 0.05) is 5.56 Å². The summed E-state index contributed by atoms with van der Waals surface area (Å²) in [5, 5.41) is 11.6. The Kier molecular flexibility index (Phi) is 5.05. The lowest BCUT2D eigenvalue weighted by Crippen LogP contribution is -2.14. The van der Waals surface area contributed by atoms with Crippen molar-refractivity contribution in [2.24, 2.45) is 0 Å². The molecule has 116 valence electrons. The maximum absolute atomic E-state index is 13.6. The summed E-state index contributed by atoms with van der Waals surface area (Å²) in [6.07, 6.45) is 0.870. The average Bonchev–Trinajstić information content (AvgIpc) is 2.55. The molecule has 0 aliphatic heterocycles. The number of hydrogen-bond acceptors (Lipinski definition) is 3. The van der Waals surface area contributed by atoms with Crippen molar-refractivity contribution in [2.45, 2.75) is 0 Å². The summed E-state index contributed by atoms with van der Waals surface area (Å²) in [5.74, 6) is -2.11. The highest BCUT2D eigenvalue weighted by Crippen LogP contribution is 2.24. The molecule has 0 saturated carbocycles. The van der Waals surface area contributed by atoms with Gasteiger partial charge < -0.3 is 10.1 Å². The molecule has 0 fully saturated rings. The lowest BCUT2D eigenvalue weighted by atomic mass is 10.1. The van der Waals surface area contributed by atoms with Crippen LogP contribution in [0.15, 0.2) is 48.0 Å². The number of nitriles is 1. The molecule has 0 atom stereocenters. The zero-order valence-electron chi connectivity index (χ0n) is 12.1. The average molecular weight is 314 g/mol. The Bertz CT molecular complexity index is 790. The molecule has 0 saturated heterocycles. The van der Waals surface area contributed by atoms with Crippen LogP contribution in [0.25, 0.3) is 6.08 Å². The van der Waals surface area contributed by atoms with Gasteiger partial charge in [0.1, 0.15) is 29.0 Å². The molecule has 1 amide bonds. The van der Waals surface area contributed by atoms with E-state index < -0.39 is 28.7 Å². The van der Waals surface area contributed by atoms with Crippen LogP contribution >= 0.6 is 0 Å². The third-order valence-electron chi connectivity index (χ3n) is 3.01. The second kappa shape index (κ2) is 7.18. The second-order valence-corrected chi connectivity index (χ2v) is 4.46. The molecule has 2 aromatic rings. The highest BCUT2D eigenvalue weighted by Gasteiger charge is 2.14.